The van der Waals surface area contributed by atoms with Gasteiger partial charge in [0.05, 0.1) is 23.6 Å². The summed E-state index contributed by atoms with van der Waals surface area (Å²) < 4.78 is 5.68. The molecule has 0 bridgehead atoms. The SMILES string of the molecule is C[C@@H](c1cccc([N+](=O)[O-])c1)N(C)C(=O)Cc1coc2ccc3ccccc3c12. The van der Waals surface area contributed by atoms with Crippen molar-refractivity contribution in [3.63, 3.8) is 0 Å². The number of hydrogen-bond donors (Lipinski definition) is 0. The normalized spacial score (nSPS) is 12.2. The van der Waals surface area contributed by atoms with E-state index in [1.54, 1.807) is 30.3 Å². The van der Waals surface area contributed by atoms with Crippen molar-refractivity contribution in [1.29, 1.82) is 0 Å². The monoisotopic (exact) mass is 388 g/mol. The molecule has 0 saturated heterocycles. The number of non-ortho nitro benzene ring substituents is 1. The molecule has 0 spiro atoms. The molecule has 1 aromatic heterocycles. The molecule has 1 heterocycles. The molecule has 0 fully saturated rings. The largest absolute Gasteiger partial charge is 0.464 e. The van der Waals surface area contributed by atoms with Crippen LogP contribution in [0.25, 0.3) is 21.7 Å². The molecular weight excluding hydrogens is 368 g/mol. The zero-order chi connectivity index (χ0) is 20.5. The van der Waals surface area contributed by atoms with Gasteiger partial charge in [0.2, 0.25) is 5.91 Å². The number of likely N-dealkylation sites (N-methyl/N-ethyl adjacent to an activating group) is 1. The first-order valence-electron chi connectivity index (χ1n) is 9.33. The number of nitro groups is 1. The minimum absolute atomic E-state index is 0.0162. The Bertz CT molecular complexity index is 1230. The van der Waals surface area contributed by atoms with E-state index in [4.69, 9.17) is 4.42 Å². The first kappa shape index (κ1) is 18.7. The lowest BCUT2D eigenvalue weighted by Gasteiger charge is -2.25. The van der Waals surface area contributed by atoms with E-state index in [2.05, 4.69) is 0 Å². The fraction of sp³-hybridized carbons (Fsp3) is 0.174. The second-order valence-electron chi connectivity index (χ2n) is 7.13. The van der Waals surface area contributed by atoms with Crippen LogP contribution in [0, 0.1) is 10.1 Å². The highest BCUT2D eigenvalue weighted by Gasteiger charge is 2.21. The highest BCUT2D eigenvalue weighted by molar-refractivity contribution is 6.08. The zero-order valence-electron chi connectivity index (χ0n) is 16.2. The molecule has 0 aliphatic heterocycles. The third-order valence-electron chi connectivity index (χ3n) is 5.42. The van der Waals surface area contributed by atoms with E-state index in [1.807, 2.05) is 43.3 Å². The Hall–Kier alpha value is -3.67. The van der Waals surface area contributed by atoms with Crippen LogP contribution in [-0.4, -0.2) is 22.8 Å². The number of fused-ring (bicyclic) bond motifs is 3. The topological polar surface area (TPSA) is 76.6 Å². The maximum atomic E-state index is 13.0. The van der Waals surface area contributed by atoms with Gasteiger partial charge in [-0.05, 0) is 29.3 Å². The van der Waals surface area contributed by atoms with Gasteiger partial charge in [0.15, 0.2) is 0 Å². The summed E-state index contributed by atoms with van der Waals surface area (Å²) in [7, 11) is 1.71. The van der Waals surface area contributed by atoms with Crippen LogP contribution in [0.1, 0.15) is 24.1 Å². The summed E-state index contributed by atoms with van der Waals surface area (Å²) in [6.07, 6.45) is 1.83. The minimum Gasteiger partial charge on any atom is -0.464 e. The lowest BCUT2D eigenvalue weighted by atomic mass is 10.0. The first-order chi connectivity index (χ1) is 14.0. The van der Waals surface area contributed by atoms with E-state index < -0.39 is 4.92 Å². The second kappa shape index (κ2) is 7.39. The van der Waals surface area contributed by atoms with Crippen molar-refractivity contribution in [3.05, 3.63) is 88.2 Å². The van der Waals surface area contributed by atoms with E-state index in [0.717, 1.165) is 32.9 Å². The van der Waals surface area contributed by atoms with E-state index in [0.29, 0.717) is 0 Å². The van der Waals surface area contributed by atoms with Crippen LogP contribution < -0.4 is 0 Å². The average molecular weight is 388 g/mol. The predicted molar refractivity (Wildman–Crippen MR) is 112 cm³/mol. The summed E-state index contributed by atoms with van der Waals surface area (Å²) in [5, 5.41) is 14.1. The molecule has 1 atom stereocenters. The molecule has 1 amide bonds. The lowest BCUT2D eigenvalue weighted by molar-refractivity contribution is -0.384. The average Bonchev–Trinajstić information content (AvgIpc) is 3.16. The Kier molecular flexibility index (Phi) is 4.76. The van der Waals surface area contributed by atoms with E-state index >= 15 is 0 Å². The molecular formula is C23H20N2O4. The quantitative estimate of drug-likeness (QED) is 0.345. The Balaban J connectivity index is 1.61. The number of furan rings is 1. The van der Waals surface area contributed by atoms with Crippen LogP contribution in [0.15, 0.2) is 71.3 Å². The summed E-state index contributed by atoms with van der Waals surface area (Å²) in [4.78, 5) is 25.2. The highest BCUT2D eigenvalue weighted by atomic mass is 16.6. The van der Waals surface area contributed by atoms with Gasteiger partial charge in [0.25, 0.3) is 5.69 Å². The van der Waals surface area contributed by atoms with Gasteiger partial charge in [0, 0.05) is 30.1 Å². The zero-order valence-corrected chi connectivity index (χ0v) is 16.2. The number of hydrogen-bond acceptors (Lipinski definition) is 4. The van der Waals surface area contributed by atoms with Crippen molar-refractivity contribution in [2.45, 2.75) is 19.4 Å². The van der Waals surface area contributed by atoms with E-state index in [9.17, 15) is 14.9 Å². The number of rotatable bonds is 5. The van der Waals surface area contributed by atoms with Crippen molar-refractivity contribution in [1.82, 2.24) is 4.90 Å². The summed E-state index contributed by atoms with van der Waals surface area (Å²) in [6, 6.07) is 18.0. The third-order valence-corrected chi connectivity index (χ3v) is 5.42. The fourth-order valence-corrected chi connectivity index (χ4v) is 3.63. The van der Waals surface area contributed by atoms with Crippen LogP contribution in [0.3, 0.4) is 0 Å². The maximum absolute atomic E-state index is 13.0. The molecule has 6 nitrogen and oxygen atoms in total. The molecule has 0 saturated carbocycles. The second-order valence-corrected chi connectivity index (χ2v) is 7.13. The standard InChI is InChI=1S/C23H20N2O4/c1-15(17-7-5-8-19(12-17)25(27)28)24(2)22(26)13-18-14-29-21-11-10-16-6-3-4-9-20(16)23(18)21/h3-12,14-15H,13H2,1-2H3/t15-/m0/s1. The van der Waals surface area contributed by atoms with Crippen molar-refractivity contribution in [2.24, 2.45) is 0 Å². The van der Waals surface area contributed by atoms with E-state index in [-0.39, 0.29) is 24.1 Å². The minimum atomic E-state index is -0.430. The number of carbonyl (C=O) groups is 1. The summed E-state index contributed by atoms with van der Waals surface area (Å²) >= 11 is 0. The van der Waals surface area contributed by atoms with Gasteiger partial charge in [-0.2, -0.15) is 0 Å². The number of nitrogens with zero attached hydrogens (tertiary/aromatic N) is 2. The highest BCUT2D eigenvalue weighted by Crippen LogP contribution is 2.31. The van der Waals surface area contributed by atoms with Crippen LogP contribution in [0.2, 0.25) is 0 Å². The van der Waals surface area contributed by atoms with Crippen molar-refractivity contribution in [3.8, 4) is 0 Å². The third kappa shape index (κ3) is 3.45. The van der Waals surface area contributed by atoms with Crippen LogP contribution in [-0.2, 0) is 11.2 Å². The number of nitro benzene ring substituents is 1. The maximum Gasteiger partial charge on any atom is 0.269 e. The molecule has 3 aromatic carbocycles. The van der Waals surface area contributed by atoms with Gasteiger partial charge in [-0.15, -0.1) is 0 Å². The molecule has 0 unspecified atom stereocenters. The van der Waals surface area contributed by atoms with Gasteiger partial charge in [0.1, 0.15) is 5.58 Å². The number of amides is 1. The Morgan fingerprint density at radius 3 is 2.72 bits per heavy atom. The Morgan fingerprint density at radius 2 is 1.93 bits per heavy atom. The number of carbonyl (C=O) groups excluding carboxylic acids is 1. The first-order valence-corrected chi connectivity index (χ1v) is 9.33. The fourth-order valence-electron chi connectivity index (χ4n) is 3.63. The van der Waals surface area contributed by atoms with Gasteiger partial charge in [-0.1, -0.05) is 42.5 Å². The molecule has 6 heteroatoms. The summed E-state index contributed by atoms with van der Waals surface area (Å²) in [5.41, 5.74) is 2.32. The Labute approximate surface area is 167 Å². The molecule has 0 N–H and O–H groups in total. The molecule has 4 aromatic rings. The van der Waals surface area contributed by atoms with Gasteiger partial charge >= 0.3 is 0 Å². The molecule has 146 valence electrons. The lowest BCUT2D eigenvalue weighted by Crippen LogP contribution is -2.30. The summed E-state index contributed by atoms with van der Waals surface area (Å²) in [5.74, 6) is -0.0837. The molecule has 29 heavy (non-hydrogen) atoms. The van der Waals surface area contributed by atoms with Crippen molar-refractivity contribution < 1.29 is 14.1 Å². The van der Waals surface area contributed by atoms with E-state index in [1.165, 1.54) is 12.1 Å². The smallest absolute Gasteiger partial charge is 0.269 e. The van der Waals surface area contributed by atoms with Crippen LogP contribution in [0.4, 0.5) is 5.69 Å². The molecule has 0 aliphatic rings. The summed E-state index contributed by atoms with van der Waals surface area (Å²) in [6.45, 7) is 1.86. The van der Waals surface area contributed by atoms with Gasteiger partial charge in [-0.25, -0.2) is 0 Å². The predicted octanol–water partition coefficient (Wildman–Crippen LogP) is 5.26. The molecule has 0 aliphatic carbocycles. The Morgan fingerprint density at radius 1 is 1.14 bits per heavy atom. The molecule has 4 rings (SSSR count). The molecule has 0 radical (unpaired) electrons. The van der Waals surface area contributed by atoms with Crippen molar-refractivity contribution >= 4 is 33.3 Å². The number of benzene rings is 3. The van der Waals surface area contributed by atoms with Crippen molar-refractivity contribution in [2.75, 3.05) is 7.05 Å². The van der Waals surface area contributed by atoms with Gasteiger partial charge in [-0.3, -0.25) is 14.9 Å². The van der Waals surface area contributed by atoms with Gasteiger partial charge < -0.3 is 9.32 Å². The van der Waals surface area contributed by atoms with Crippen LogP contribution >= 0.6 is 0 Å². The van der Waals surface area contributed by atoms with Crippen LogP contribution in [0.5, 0.6) is 0 Å².